The van der Waals surface area contributed by atoms with Gasteiger partial charge in [-0.1, -0.05) is 0 Å². The lowest BCUT2D eigenvalue weighted by molar-refractivity contribution is -0.118. The highest BCUT2D eigenvalue weighted by atomic mass is 32.2. The van der Waals surface area contributed by atoms with Crippen molar-refractivity contribution in [3.05, 3.63) is 29.6 Å². The summed E-state index contributed by atoms with van der Waals surface area (Å²) in [6.45, 7) is 0. The zero-order chi connectivity index (χ0) is 13.1. The molecule has 0 fully saturated rings. The number of nitrogens with two attached hydrogens (primary N) is 1. The SMILES string of the molecule is CNC(=O)CS(=O)(=O)Cc1cc(F)ccc1N. The number of benzene rings is 1. The smallest absolute Gasteiger partial charge is 0.234 e. The Morgan fingerprint density at radius 2 is 2.12 bits per heavy atom. The van der Waals surface area contributed by atoms with Crippen molar-refractivity contribution in [1.82, 2.24) is 5.32 Å². The van der Waals surface area contributed by atoms with Crippen LogP contribution in [0.3, 0.4) is 0 Å². The van der Waals surface area contributed by atoms with Crippen molar-refractivity contribution in [1.29, 1.82) is 0 Å². The lowest BCUT2D eigenvalue weighted by Gasteiger charge is -2.06. The van der Waals surface area contributed by atoms with Gasteiger partial charge >= 0.3 is 0 Å². The van der Waals surface area contributed by atoms with Crippen LogP contribution in [0.2, 0.25) is 0 Å². The fourth-order valence-electron chi connectivity index (χ4n) is 1.26. The van der Waals surface area contributed by atoms with E-state index >= 15 is 0 Å². The van der Waals surface area contributed by atoms with Gasteiger partial charge in [0.05, 0.1) is 5.75 Å². The van der Waals surface area contributed by atoms with Crippen LogP contribution < -0.4 is 11.1 Å². The van der Waals surface area contributed by atoms with Gasteiger partial charge in [-0.3, -0.25) is 4.79 Å². The van der Waals surface area contributed by atoms with Crippen LogP contribution in [0.1, 0.15) is 5.56 Å². The summed E-state index contributed by atoms with van der Waals surface area (Å²) in [6, 6.07) is 3.49. The number of hydrogen-bond acceptors (Lipinski definition) is 4. The number of anilines is 1. The second-order valence-corrected chi connectivity index (χ2v) is 5.61. The minimum atomic E-state index is -3.64. The molecular weight excluding hydrogens is 247 g/mol. The Labute approximate surface area is 98.7 Å². The molecule has 5 nitrogen and oxygen atoms in total. The van der Waals surface area contributed by atoms with E-state index in [2.05, 4.69) is 5.32 Å². The molecule has 1 rings (SSSR count). The topological polar surface area (TPSA) is 89.3 Å². The Kier molecular flexibility index (Phi) is 4.06. The highest BCUT2D eigenvalue weighted by Crippen LogP contribution is 2.16. The first kappa shape index (κ1) is 13.4. The number of carbonyl (C=O) groups excluding carboxylic acids is 1. The molecule has 1 amide bonds. The molecule has 0 bridgehead atoms. The molecule has 3 N–H and O–H groups in total. The van der Waals surface area contributed by atoms with E-state index in [4.69, 9.17) is 5.73 Å². The van der Waals surface area contributed by atoms with E-state index in [0.717, 1.165) is 12.1 Å². The molecule has 94 valence electrons. The summed E-state index contributed by atoms with van der Waals surface area (Å²) in [4.78, 5) is 11.0. The second kappa shape index (κ2) is 5.13. The van der Waals surface area contributed by atoms with Crippen molar-refractivity contribution in [2.24, 2.45) is 0 Å². The minimum absolute atomic E-state index is 0.161. The van der Waals surface area contributed by atoms with Gasteiger partial charge in [-0.25, -0.2) is 12.8 Å². The normalized spacial score (nSPS) is 11.2. The van der Waals surface area contributed by atoms with Crippen molar-refractivity contribution in [2.75, 3.05) is 18.5 Å². The van der Waals surface area contributed by atoms with Crippen molar-refractivity contribution in [2.45, 2.75) is 5.75 Å². The molecule has 1 aromatic carbocycles. The molecule has 0 atom stereocenters. The highest BCUT2D eigenvalue weighted by molar-refractivity contribution is 7.91. The first-order chi connectivity index (χ1) is 7.84. The molecule has 0 saturated heterocycles. The van der Waals surface area contributed by atoms with E-state index in [9.17, 15) is 17.6 Å². The molecule has 1 aromatic rings. The lowest BCUT2D eigenvalue weighted by atomic mass is 10.2. The van der Waals surface area contributed by atoms with Gasteiger partial charge in [-0.05, 0) is 23.8 Å². The third kappa shape index (κ3) is 4.03. The molecular formula is C10H13FN2O3S. The molecule has 0 unspecified atom stereocenters. The Morgan fingerprint density at radius 1 is 1.47 bits per heavy atom. The number of carbonyl (C=O) groups is 1. The van der Waals surface area contributed by atoms with Gasteiger partial charge in [0.15, 0.2) is 9.84 Å². The minimum Gasteiger partial charge on any atom is -0.398 e. The average Bonchev–Trinajstić information content (AvgIpc) is 2.22. The molecule has 0 aromatic heterocycles. The highest BCUT2D eigenvalue weighted by Gasteiger charge is 2.18. The van der Waals surface area contributed by atoms with Crippen LogP contribution in [-0.2, 0) is 20.4 Å². The fraction of sp³-hybridized carbons (Fsp3) is 0.300. The van der Waals surface area contributed by atoms with Gasteiger partial charge in [-0.15, -0.1) is 0 Å². The molecule has 0 radical (unpaired) electrons. The summed E-state index contributed by atoms with van der Waals surface area (Å²) in [7, 11) is -2.30. The Balaban J connectivity index is 2.90. The second-order valence-electron chi connectivity index (χ2n) is 3.55. The van der Waals surface area contributed by atoms with Crippen LogP contribution in [0.5, 0.6) is 0 Å². The third-order valence-corrected chi connectivity index (χ3v) is 3.56. The molecule has 17 heavy (non-hydrogen) atoms. The van der Waals surface area contributed by atoms with Crippen molar-refractivity contribution in [3.63, 3.8) is 0 Å². The molecule has 0 saturated carbocycles. The molecule has 0 aliphatic heterocycles. The molecule has 0 spiro atoms. The molecule has 0 aliphatic rings. The van der Waals surface area contributed by atoms with Gasteiger partial charge in [0.2, 0.25) is 5.91 Å². The van der Waals surface area contributed by atoms with E-state index < -0.39 is 33.1 Å². The van der Waals surface area contributed by atoms with Crippen molar-refractivity contribution < 1.29 is 17.6 Å². The van der Waals surface area contributed by atoms with E-state index in [1.54, 1.807) is 0 Å². The fourth-order valence-corrected chi connectivity index (χ4v) is 2.63. The summed E-state index contributed by atoms with van der Waals surface area (Å²) in [5.41, 5.74) is 5.88. The van der Waals surface area contributed by atoms with Crippen molar-refractivity contribution in [3.8, 4) is 0 Å². The lowest BCUT2D eigenvalue weighted by Crippen LogP contribution is -2.27. The average molecular weight is 260 g/mol. The number of hydrogen-bond donors (Lipinski definition) is 2. The summed E-state index contributed by atoms with van der Waals surface area (Å²) >= 11 is 0. The molecule has 0 aliphatic carbocycles. The maximum Gasteiger partial charge on any atom is 0.234 e. The van der Waals surface area contributed by atoms with Crippen LogP contribution >= 0.6 is 0 Å². The van der Waals surface area contributed by atoms with Crippen LogP contribution in [0.25, 0.3) is 0 Å². The van der Waals surface area contributed by atoms with Gasteiger partial charge in [-0.2, -0.15) is 0 Å². The Bertz CT molecular complexity index is 528. The maximum atomic E-state index is 12.9. The Morgan fingerprint density at radius 3 is 2.71 bits per heavy atom. The summed E-state index contributed by atoms with van der Waals surface area (Å²) in [5.74, 6) is -2.27. The number of rotatable bonds is 4. The largest absolute Gasteiger partial charge is 0.398 e. The van der Waals surface area contributed by atoms with Crippen molar-refractivity contribution >= 4 is 21.4 Å². The zero-order valence-corrected chi connectivity index (χ0v) is 10.1. The van der Waals surface area contributed by atoms with Crippen LogP contribution in [0.15, 0.2) is 18.2 Å². The standard InChI is InChI=1S/C10H13FN2O3S/c1-13-10(14)6-17(15,16)5-7-4-8(11)2-3-9(7)12/h2-4H,5-6,12H2,1H3,(H,13,14). The predicted molar refractivity (Wildman–Crippen MR) is 62.4 cm³/mol. The van der Waals surface area contributed by atoms with Gasteiger partial charge in [0, 0.05) is 12.7 Å². The Hall–Kier alpha value is -1.63. The van der Waals surface area contributed by atoms with E-state index in [-0.39, 0.29) is 11.3 Å². The quantitative estimate of drug-likeness (QED) is 0.750. The summed E-state index contributed by atoms with van der Waals surface area (Å²) in [5, 5.41) is 2.21. The first-order valence-corrected chi connectivity index (χ1v) is 6.61. The number of amides is 1. The van der Waals surface area contributed by atoms with E-state index in [0.29, 0.717) is 0 Å². The number of halogens is 1. The van der Waals surface area contributed by atoms with Gasteiger partial charge in [0.1, 0.15) is 11.6 Å². The third-order valence-electron chi connectivity index (χ3n) is 2.11. The van der Waals surface area contributed by atoms with Crippen LogP contribution in [0, 0.1) is 5.82 Å². The van der Waals surface area contributed by atoms with Gasteiger partial charge < -0.3 is 11.1 Å². The van der Waals surface area contributed by atoms with Crippen LogP contribution in [-0.4, -0.2) is 27.1 Å². The predicted octanol–water partition coefficient (Wildman–Crippen LogP) is 0.0687. The molecule has 0 heterocycles. The zero-order valence-electron chi connectivity index (χ0n) is 9.23. The number of nitrogen functional groups attached to an aromatic ring is 1. The van der Waals surface area contributed by atoms with Crippen LogP contribution in [0.4, 0.5) is 10.1 Å². The molecule has 7 heteroatoms. The van der Waals surface area contributed by atoms with E-state index in [1.807, 2.05) is 0 Å². The van der Waals surface area contributed by atoms with E-state index in [1.165, 1.54) is 13.1 Å². The number of sulfone groups is 1. The summed E-state index contributed by atoms with van der Waals surface area (Å²) in [6.07, 6.45) is 0. The maximum absolute atomic E-state index is 12.9. The number of nitrogens with one attached hydrogen (secondary N) is 1. The van der Waals surface area contributed by atoms with Gasteiger partial charge in [0.25, 0.3) is 0 Å². The monoisotopic (exact) mass is 260 g/mol. The summed E-state index contributed by atoms with van der Waals surface area (Å²) < 4.78 is 36.1. The first-order valence-electron chi connectivity index (χ1n) is 4.79.